The molecule has 0 aromatic carbocycles. The Bertz CT molecular complexity index is 136. The number of halogens is 1. The van der Waals surface area contributed by atoms with Crippen molar-refractivity contribution in [1.82, 2.24) is 0 Å². The van der Waals surface area contributed by atoms with Gasteiger partial charge in [0.25, 0.3) is 0 Å². The van der Waals surface area contributed by atoms with Gasteiger partial charge >= 0.3 is 5.97 Å². The maximum absolute atomic E-state index is 11.3. The molecule has 0 fully saturated rings. The second-order valence-corrected chi connectivity index (χ2v) is 1.20. The van der Waals surface area contributed by atoms with Crippen molar-refractivity contribution in [2.24, 2.45) is 0 Å². The van der Waals surface area contributed by atoms with Crippen LogP contribution < -0.4 is 0 Å². The van der Waals surface area contributed by atoms with Crippen LogP contribution in [0.25, 0.3) is 0 Å². The van der Waals surface area contributed by atoms with Gasteiger partial charge in [-0.05, 0) is 0 Å². The summed E-state index contributed by atoms with van der Waals surface area (Å²) in [5, 5.41) is 0. The van der Waals surface area contributed by atoms with Crippen LogP contribution in [0.4, 0.5) is 4.39 Å². The Morgan fingerprint density at radius 1 is 1.89 bits per heavy atom. The summed E-state index contributed by atoms with van der Waals surface area (Å²) in [4.78, 5) is 10.3. The van der Waals surface area contributed by atoms with Gasteiger partial charge in [-0.1, -0.05) is 6.58 Å². The number of rotatable bonds is 3. The molecule has 2 nitrogen and oxygen atoms in total. The van der Waals surface area contributed by atoms with Crippen molar-refractivity contribution in [2.45, 2.75) is 0 Å². The van der Waals surface area contributed by atoms with Crippen LogP contribution in [0.3, 0.4) is 0 Å². The highest BCUT2D eigenvalue weighted by molar-refractivity contribution is 5.81. The van der Waals surface area contributed by atoms with Gasteiger partial charge in [0, 0.05) is 0 Å². The Hall–Kier alpha value is -1.08. The zero-order valence-corrected chi connectivity index (χ0v) is 4.89. The van der Waals surface area contributed by atoms with Gasteiger partial charge in [-0.15, -0.1) is 5.73 Å². The first-order chi connectivity index (χ1) is 4.31. The third kappa shape index (κ3) is 4.78. The van der Waals surface area contributed by atoms with Gasteiger partial charge in [-0.2, -0.15) is 0 Å². The SMILES string of the molecule is C=C=CC(=O)OCCF. The smallest absolute Gasteiger partial charge is 0.338 e. The molecule has 0 aromatic heterocycles. The van der Waals surface area contributed by atoms with Crippen LogP contribution in [0.5, 0.6) is 0 Å². The molecule has 0 unspecified atom stereocenters. The summed E-state index contributed by atoms with van der Waals surface area (Å²) >= 11 is 0. The summed E-state index contributed by atoms with van der Waals surface area (Å²) in [5.74, 6) is -0.609. The number of ether oxygens (including phenoxy) is 1. The summed E-state index contributed by atoms with van der Waals surface area (Å²) in [6.07, 6.45) is 1.01. The summed E-state index contributed by atoms with van der Waals surface area (Å²) < 4.78 is 15.5. The first kappa shape index (κ1) is 7.92. The first-order valence-electron chi connectivity index (χ1n) is 2.40. The molecule has 0 rings (SSSR count). The molecule has 0 spiro atoms. The third-order valence-electron chi connectivity index (χ3n) is 0.541. The van der Waals surface area contributed by atoms with Crippen molar-refractivity contribution in [1.29, 1.82) is 0 Å². The van der Waals surface area contributed by atoms with E-state index < -0.39 is 12.6 Å². The Balaban J connectivity index is 3.39. The van der Waals surface area contributed by atoms with E-state index in [4.69, 9.17) is 0 Å². The fraction of sp³-hybridized carbons (Fsp3) is 0.333. The van der Waals surface area contributed by atoms with Crippen molar-refractivity contribution in [3.8, 4) is 0 Å². The molecule has 0 saturated heterocycles. The molecular weight excluding hydrogens is 123 g/mol. The molecule has 0 atom stereocenters. The Kier molecular flexibility index (Phi) is 4.46. The van der Waals surface area contributed by atoms with Crippen molar-refractivity contribution < 1.29 is 13.9 Å². The molecule has 0 N–H and O–H groups in total. The van der Waals surface area contributed by atoms with Crippen LogP contribution in [0.2, 0.25) is 0 Å². The number of carbonyl (C=O) groups excluding carboxylic acids is 1. The molecule has 50 valence electrons. The van der Waals surface area contributed by atoms with Crippen LogP contribution >= 0.6 is 0 Å². The molecule has 0 amide bonds. The average molecular weight is 130 g/mol. The zero-order valence-electron chi connectivity index (χ0n) is 4.89. The Morgan fingerprint density at radius 3 is 3.00 bits per heavy atom. The van der Waals surface area contributed by atoms with Crippen LogP contribution in [0.1, 0.15) is 0 Å². The predicted molar refractivity (Wildman–Crippen MR) is 30.6 cm³/mol. The summed E-state index contributed by atoms with van der Waals surface area (Å²) in [7, 11) is 0. The highest BCUT2D eigenvalue weighted by Gasteiger charge is 1.92. The Morgan fingerprint density at radius 2 is 2.56 bits per heavy atom. The number of esters is 1. The summed E-state index contributed by atoms with van der Waals surface area (Å²) in [6.45, 7) is 2.28. The monoisotopic (exact) mass is 130 g/mol. The summed E-state index contributed by atoms with van der Waals surface area (Å²) in [6, 6.07) is 0. The highest BCUT2D eigenvalue weighted by Crippen LogP contribution is 1.78. The number of alkyl halides is 1. The van der Waals surface area contributed by atoms with Gasteiger partial charge in [0.05, 0.1) is 6.08 Å². The molecule has 0 saturated carbocycles. The molecule has 0 bridgehead atoms. The zero-order chi connectivity index (χ0) is 7.11. The fourth-order valence-corrected chi connectivity index (χ4v) is 0.264. The lowest BCUT2D eigenvalue weighted by atomic mass is 10.6. The minimum Gasteiger partial charge on any atom is -0.459 e. The topological polar surface area (TPSA) is 26.3 Å². The Labute approximate surface area is 52.6 Å². The fourth-order valence-electron chi connectivity index (χ4n) is 0.264. The van der Waals surface area contributed by atoms with E-state index in [2.05, 4.69) is 17.0 Å². The number of hydrogen-bond donors (Lipinski definition) is 0. The molecule has 0 aliphatic rings. The van der Waals surface area contributed by atoms with Gasteiger partial charge in [0.1, 0.15) is 13.3 Å². The largest absolute Gasteiger partial charge is 0.459 e. The van der Waals surface area contributed by atoms with E-state index in [1.54, 1.807) is 0 Å². The van der Waals surface area contributed by atoms with Crippen LogP contribution in [-0.2, 0) is 9.53 Å². The van der Waals surface area contributed by atoms with E-state index >= 15 is 0 Å². The minimum absolute atomic E-state index is 0.197. The number of hydrogen-bond acceptors (Lipinski definition) is 2. The summed E-state index contributed by atoms with van der Waals surface area (Å²) in [5.41, 5.74) is 2.20. The van der Waals surface area contributed by atoms with E-state index in [0.29, 0.717) is 0 Å². The third-order valence-corrected chi connectivity index (χ3v) is 0.541. The maximum atomic E-state index is 11.3. The highest BCUT2D eigenvalue weighted by atomic mass is 19.1. The lowest BCUT2D eigenvalue weighted by molar-refractivity contribution is -0.138. The quantitative estimate of drug-likeness (QED) is 0.321. The molecule has 0 radical (unpaired) electrons. The van der Waals surface area contributed by atoms with Crippen molar-refractivity contribution in [2.75, 3.05) is 13.3 Å². The average Bonchev–Trinajstić information content (AvgIpc) is 1.85. The van der Waals surface area contributed by atoms with E-state index in [1.807, 2.05) is 0 Å². The normalized spacial score (nSPS) is 7.67. The van der Waals surface area contributed by atoms with E-state index in [0.717, 1.165) is 6.08 Å². The van der Waals surface area contributed by atoms with Crippen LogP contribution in [-0.4, -0.2) is 19.3 Å². The minimum atomic E-state index is -0.656. The molecule has 9 heavy (non-hydrogen) atoms. The number of carbonyl (C=O) groups is 1. The van der Waals surface area contributed by atoms with Gasteiger partial charge in [0.15, 0.2) is 0 Å². The maximum Gasteiger partial charge on any atom is 0.338 e. The lowest BCUT2D eigenvalue weighted by Crippen LogP contribution is -2.02. The van der Waals surface area contributed by atoms with Gasteiger partial charge in [0.2, 0.25) is 0 Å². The van der Waals surface area contributed by atoms with Crippen molar-refractivity contribution in [3.63, 3.8) is 0 Å². The second-order valence-electron chi connectivity index (χ2n) is 1.20. The lowest BCUT2D eigenvalue weighted by Gasteiger charge is -1.93. The predicted octanol–water partition coefficient (Wildman–Crippen LogP) is 0.840. The standard InChI is InChI=1S/C6H7FO2/c1-2-3-6(8)9-5-4-7/h3H,1,4-5H2. The molecule has 0 heterocycles. The van der Waals surface area contributed by atoms with E-state index in [-0.39, 0.29) is 6.61 Å². The van der Waals surface area contributed by atoms with Gasteiger partial charge in [-0.3, -0.25) is 0 Å². The molecule has 0 aliphatic carbocycles. The molecule has 0 aliphatic heterocycles. The van der Waals surface area contributed by atoms with Crippen molar-refractivity contribution >= 4 is 5.97 Å². The van der Waals surface area contributed by atoms with Gasteiger partial charge in [-0.25, -0.2) is 9.18 Å². The molecular formula is C6H7FO2. The van der Waals surface area contributed by atoms with Gasteiger partial charge < -0.3 is 4.74 Å². The van der Waals surface area contributed by atoms with Crippen LogP contribution in [0, 0.1) is 0 Å². The van der Waals surface area contributed by atoms with E-state index in [1.165, 1.54) is 0 Å². The van der Waals surface area contributed by atoms with Crippen LogP contribution in [0.15, 0.2) is 18.4 Å². The first-order valence-corrected chi connectivity index (χ1v) is 2.40. The molecule has 3 heteroatoms. The second kappa shape index (κ2) is 5.06. The van der Waals surface area contributed by atoms with Crippen molar-refractivity contribution in [3.05, 3.63) is 18.4 Å². The molecule has 0 aromatic rings. The van der Waals surface area contributed by atoms with E-state index in [9.17, 15) is 9.18 Å².